The van der Waals surface area contributed by atoms with E-state index in [0.29, 0.717) is 27.7 Å². The lowest BCUT2D eigenvalue weighted by Gasteiger charge is -2.29. The summed E-state index contributed by atoms with van der Waals surface area (Å²) in [6.45, 7) is 1.95. The maximum absolute atomic E-state index is 15.2. The Morgan fingerprint density at radius 1 is 1.06 bits per heavy atom. The van der Waals surface area contributed by atoms with Crippen molar-refractivity contribution in [2.45, 2.75) is 18.9 Å². The number of carbonyl (C=O) groups excluding carboxylic acids is 1. The van der Waals surface area contributed by atoms with E-state index in [0.717, 1.165) is 48.1 Å². The van der Waals surface area contributed by atoms with Crippen molar-refractivity contribution in [3.63, 3.8) is 0 Å². The van der Waals surface area contributed by atoms with Crippen LogP contribution in [0.2, 0.25) is 0 Å². The molecule has 1 fully saturated rings. The van der Waals surface area contributed by atoms with Crippen LogP contribution in [0.1, 0.15) is 23.2 Å². The first-order valence-corrected chi connectivity index (χ1v) is 12.0. The van der Waals surface area contributed by atoms with Gasteiger partial charge in [-0.2, -0.15) is 5.10 Å². The molecule has 8 nitrogen and oxygen atoms in total. The number of aromatic nitrogens is 5. The molecule has 1 aliphatic rings. The Kier molecular flexibility index (Phi) is 5.49. The number of rotatable bonds is 4. The number of pyridine rings is 2. The van der Waals surface area contributed by atoms with Gasteiger partial charge in [-0.1, -0.05) is 12.1 Å². The summed E-state index contributed by atoms with van der Waals surface area (Å²) in [6.07, 6.45) is 8.48. The van der Waals surface area contributed by atoms with Crippen molar-refractivity contribution in [1.29, 1.82) is 0 Å². The van der Waals surface area contributed by atoms with Gasteiger partial charge in [0, 0.05) is 46.7 Å². The van der Waals surface area contributed by atoms with Gasteiger partial charge in [-0.25, -0.2) is 9.37 Å². The number of hydrogen-bond donors (Lipinski definition) is 2. The van der Waals surface area contributed by atoms with Crippen molar-refractivity contribution in [3.05, 3.63) is 66.5 Å². The van der Waals surface area contributed by atoms with Crippen molar-refractivity contribution >= 4 is 27.8 Å². The number of nitrogens with zero attached hydrogens (tertiary/aromatic N) is 5. The fourth-order valence-electron chi connectivity index (χ4n) is 4.94. The zero-order valence-electron chi connectivity index (χ0n) is 20.1. The minimum atomic E-state index is -0.424. The lowest BCUT2D eigenvalue weighted by molar-refractivity contribution is 0.0917. The molecule has 6 rings (SSSR count). The summed E-state index contributed by atoms with van der Waals surface area (Å²) < 4.78 is 17.0. The Hall–Kier alpha value is -4.11. The van der Waals surface area contributed by atoms with Gasteiger partial charge in [-0.15, -0.1) is 0 Å². The van der Waals surface area contributed by atoms with E-state index in [1.54, 1.807) is 41.3 Å². The number of aromatic amines is 1. The van der Waals surface area contributed by atoms with Crippen LogP contribution in [0.4, 0.5) is 4.39 Å². The number of benzene rings is 1. The summed E-state index contributed by atoms with van der Waals surface area (Å²) in [6, 6.07) is 9.21. The first kappa shape index (κ1) is 22.4. The molecular weight excluding hydrogens is 457 g/mol. The lowest BCUT2D eigenvalue weighted by Crippen LogP contribution is -2.43. The highest BCUT2D eigenvalue weighted by molar-refractivity contribution is 6.13. The molecule has 0 bridgehead atoms. The molecule has 0 radical (unpaired) electrons. The SMILES string of the molecule is CN1CCC(NC(=O)c2ccc(-c3c(F)cnc4[nH]c5cnc(-c6cnn(C)c6)cc5c34)cc2)CC1. The van der Waals surface area contributed by atoms with Crippen molar-refractivity contribution in [2.24, 2.45) is 7.05 Å². The van der Waals surface area contributed by atoms with Gasteiger partial charge in [-0.05, 0) is 56.7 Å². The van der Waals surface area contributed by atoms with Crippen LogP contribution in [-0.4, -0.2) is 61.7 Å². The van der Waals surface area contributed by atoms with Crippen molar-refractivity contribution in [3.8, 4) is 22.4 Å². The number of carbonyl (C=O) groups is 1. The molecule has 4 aromatic heterocycles. The Morgan fingerprint density at radius 3 is 2.56 bits per heavy atom. The fourth-order valence-corrected chi connectivity index (χ4v) is 4.94. The number of likely N-dealkylation sites (tertiary alicyclic amines) is 1. The van der Waals surface area contributed by atoms with E-state index in [2.05, 4.69) is 37.3 Å². The van der Waals surface area contributed by atoms with Crippen LogP contribution in [0.3, 0.4) is 0 Å². The van der Waals surface area contributed by atoms with Crippen LogP contribution in [0.5, 0.6) is 0 Å². The van der Waals surface area contributed by atoms with E-state index < -0.39 is 5.82 Å². The minimum Gasteiger partial charge on any atom is -0.349 e. The van der Waals surface area contributed by atoms with Crippen LogP contribution in [-0.2, 0) is 7.05 Å². The average molecular weight is 484 g/mol. The molecule has 36 heavy (non-hydrogen) atoms. The number of nitrogens with one attached hydrogen (secondary N) is 2. The normalized spacial score (nSPS) is 15.1. The molecule has 0 spiro atoms. The van der Waals surface area contributed by atoms with Crippen molar-refractivity contribution in [2.75, 3.05) is 20.1 Å². The summed E-state index contributed by atoms with van der Waals surface area (Å²) in [5.74, 6) is -0.526. The molecule has 0 aliphatic carbocycles. The first-order chi connectivity index (χ1) is 17.5. The second-order valence-electron chi connectivity index (χ2n) is 9.48. The van der Waals surface area contributed by atoms with Gasteiger partial charge in [0.15, 0.2) is 0 Å². The molecule has 0 atom stereocenters. The molecule has 0 unspecified atom stereocenters. The smallest absolute Gasteiger partial charge is 0.251 e. The van der Waals surface area contributed by atoms with Crippen LogP contribution in [0.15, 0.2) is 55.1 Å². The lowest BCUT2D eigenvalue weighted by atomic mass is 9.99. The topological polar surface area (TPSA) is 91.7 Å². The number of amides is 1. The minimum absolute atomic E-state index is 0.101. The van der Waals surface area contributed by atoms with E-state index in [1.165, 1.54) is 6.20 Å². The molecule has 9 heteroatoms. The Bertz CT molecular complexity index is 1580. The van der Waals surface area contributed by atoms with Gasteiger partial charge < -0.3 is 15.2 Å². The maximum atomic E-state index is 15.2. The molecule has 2 N–H and O–H groups in total. The number of aryl methyl sites for hydroxylation is 1. The molecule has 182 valence electrons. The van der Waals surface area contributed by atoms with Gasteiger partial charge in [0.2, 0.25) is 0 Å². The highest BCUT2D eigenvalue weighted by atomic mass is 19.1. The summed E-state index contributed by atoms with van der Waals surface area (Å²) in [4.78, 5) is 27.1. The molecule has 5 heterocycles. The monoisotopic (exact) mass is 483 g/mol. The number of piperidine rings is 1. The molecule has 0 saturated carbocycles. The maximum Gasteiger partial charge on any atom is 0.251 e. The van der Waals surface area contributed by atoms with E-state index in [1.807, 2.05) is 19.3 Å². The van der Waals surface area contributed by atoms with Gasteiger partial charge in [0.05, 0.1) is 29.8 Å². The average Bonchev–Trinajstić information content (AvgIpc) is 3.48. The van der Waals surface area contributed by atoms with E-state index in [-0.39, 0.29) is 11.9 Å². The van der Waals surface area contributed by atoms with E-state index >= 15 is 4.39 Å². The van der Waals surface area contributed by atoms with Crippen molar-refractivity contribution in [1.82, 2.24) is 34.9 Å². The molecular formula is C27H26FN7O. The highest BCUT2D eigenvalue weighted by Gasteiger charge is 2.20. The first-order valence-electron chi connectivity index (χ1n) is 12.0. The van der Waals surface area contributed by atoms with E-state index in [9.17, 15) is 4.79 Å². The van der Waals surface area contributed by atoms with Crippen LogP contribution < -0.4 is 5.32 Å². The predicted molar refractivity (Wildman–Crippen MR) is 137 cm³/mol. The molecule has 1 aromatic carbocycles. The van der Waals surface area contributed by atoms with Gasteiger partial charge >= 0.3 is 0 Å². The van der Waals surface area contributed by atoms with Gasteiger partial charge in [0.1, 0.15) is 11.5 Å². The summed E-state index contributed by atoms with van der Waals surface area (Å²) in [7, 11) is 3.94. The Balaban J connectivity index is 1.37. The number of halogens is 1. The zero-order valence-corrected chi connectivity index (χ0v) is 20.1. The quantitative estimate of drug-likeness (QED) is 0.401. The van der Waals surface area contributed by atoms with Crippen LogP contribution in [0.25, 0.3) is 44.3 Å². The number of H-pyrrole nitrogens is 1. The largest absolute Gasteiger partial charge is 0.349 e. The second-order valence-corrected chi connectivity index (χ2v) is 9.48. The third kappa shape index (κ3) is 4.01. The van der Waals surface area contributed by atoms with Gasteiger partial charge in [0.25, 0.3) is 5.91 Å². The molecule has 1 saturated heterocycles. The van der Waals surface area contributed by atoms with Crippen LogP contribution >= 0.6 is 0 Å². The number of hydrogen-bond acceptors (Lipinski definition) is 5. The fraction of sp³-hybridized carbons (Fsp3) is 0.259. The summed E-state index contributed by atoms with van der Waals surface area (Å²) in [5.41, 5.74) is 4.65. The third-order valence-corrected chi connectivity index (χ3v) is 6.95. The molecule has 1 amide bonds. The second kappa shape index (κ2) is 8.83. The standard InChI is InChI=1S/C27H26FN7O/c1-34-9-7-19(8-10-34)32-27(36)17-5-3-16(4-6-17)24-21(28)13-30-26-25(24)20-11-22(29-14-23(20)33-26)18-12-31-35(2)15-18/h3-6,11-15,19H,7-10H2,1-2H3,(H,30,33)(H,32,36). The predicted octanol–water partition coefficient (Wildman–Crippen LogP) is 4.14. The highest BCUT2D eigenvalue weighted by Crippen LogP contribution is 2.36. The molecule has 5 aromatic rings. The zero-order chi connectivity index (χ0) is 24.8. The van der Waals surface area contributed by atoms with E-state index in [4.69, 9.17) is 0 Å². The Labute approximate surface area is 207 Å². The van der Waals surface area contributed by atoms with Crippen molar-refractivity contribution < 1.29 is 9.18 Å². The third-order valence-electron chi connectivity index (χ3n) is 6.95. The Morgan fingerprint density at radius 2 is 1.83 bits per heavy atom. The van der Waals surface area contributed by atoms with Gasteiger partial charge in [-0.3, -0.25) is 14.5 Å². The summed E-state index contributed by atoms with van der Waals surface area (Å²) >= 11 is 0. The van der Waals surface area contributed by atoms with Crippen LogP contribution in [0, 0.1) is 5.82 Å². The summed E-state index contributed by atoms with van der Waals surface area (Å²) in [5, 5.41) is 8.86. The molecule has 1 aliphatic heterocycles. The number of fused-ring (bicyclic) bond motifs is 3.